The second-order valence-corrected chi connectivity index (χ2v) is 3.84. The maximum absolute atomic E-state index is 11.8. The molecule has 1 fully saturated rings. The zero-order chi connectivity index (χ0) is 12.0. The molecule has 0 aliphatic carbocycles. The number of rotatable bonds is 5. The van der Waals surface area contributed by atoms with Gasteiger partial charge >= 0.3 is 0 Å². The Morgan fingerprint density at radius 3 is 2.50 bits per heavy atom. The summed E-state index contributed by atoms with van der Waals surface area (Å²) >= 11 is 0. The fourth-order valence-electron chi connectivity index (χ4n) is 1.82. The Morgan fingerprint density at radius 2 is 2.00 bits per heavy atom. The molecule has 1 amide bonds. The highest BCUT2D eigenvalue weighted by molar-refractivity contribution is 5.91. The molecule has 0 aromatic carbocycles. The van der Waals surface area contributed by atoms with Crippen LogP contribution in [0.5, 0.6) is 0 Å². The first-order valence-electron chi connectivity index (χ1n) is 5.67. The van der Waals surface area contributed by atoms with E-state index in [1.807, 2.05) is 0 Å². The van der Waals surface area contributed by atoms with E-state index in [0.29, 0.717) is 0 Å². The Morgan fingerprint density at radius 1 is 1.38 bits per heavy atom. The quantitative estimate of drug-likeness (QED) is 0.520. The third kappa shape index (κ3) is 3.38. The van der Waals surface area contributed by atoms with Gasteiger partial charge in [0.2, 0.25) is 0 Å². The van der Waals surface area contributed by atoms with Crippen LogP contribution in [-0.4, -0.2) is 48.4 Å². The summed E-state index contributed by atoms with van der Waals surface area (Å²) in [7, 11) is 0. The van der Waals surface area contributed by atoms with Crippen LogP contribution in [0.25, 0.3) is 0 Å². The Hall–Kier alpha value is -1.29. The molecular formula is C12H20N2O2. The fraction of sp³-hybridized carbons (Fsp3) is 0.583. The van der Waals surface area contributed by atoms with Crippen LogP contribution in [0, 0.1) is 0 Å². The normalized spacial score (nSPS) is 16.9. The van der Waals surface area contributed by atoms with Crippen molar-refractivity contribution in [2.75, 3.05) is 32.7 Å². The van der Waals surface area contributed by atoms with Crippen molar-refractivity contribution in [3.63, 3.8) is 0 Å². The Labute approximate surface area is 97.2 Å². The molecule has 4 heteroatoms. The fourth-order valence-corrected chi connectivity index (χ4v) is 1.82. The molecule has 1 heterocycles. The molecule has 0 radical (unpaired) electrons. The number of ether oxygens (including phenoxy) is 1. The Bertz CT molecular complexity index is 268. The molecule has 0 aromatic rings. The molecule has 0 saturated carbocycles. The minimum Gasteiger partial charge on any atom is -0.460 e. The van der Waals surface area contributed by atoms with E-state index < -0.39 is 0 Å². The molecular weight excluding hydrogens is 204 g/mol. The molecule has 0 atom stereocenters. The van der Waals surface area contributed by atoms with Gasteiger partial charge in [-0.05, 0) is 13.0 Å². The lowest BCUT2D eigenvalue weighted by Crippen LogP contribution is -2.49. The van der Waals surface area contributed by atoms with E-state index in [9.17, 15) is 4.79 Å². The van der Waals surface area contributed by atoms with Gasteiger partial charge in [-0.25, -0.2) is 0 Å². The van der Waals surface area contributed by atoms with Gasteiger partial charge < -0.3 is 9.64 Å². The van der Waals surface area contributed by atoms with Crippen molar-refractivity contribution in [1.82, 2.24) is 9.80 Å². The van der Waals surface area contributed by atoms with E-state index >= 15 is 0 Å². The molecule has 0 bridgehead atoms. The predicted molar refractivity (Wildman–Crippen MR) is 63.7 cm³/mol. The zero-order valence-electron chi connectivity index (χ0n) is 9.95. The molecule has 1 rings (SSSR count). The first-order valence-corrected chi connectivity index (χ1v) is 5.67. The summed E-state index contributed by atoms with van der Waals surface area (Å²) in [5.41, 5.74) is 0. The molecule has 0 N–H and O–H groups in total. The van der Waals surface area contributed by atoms with Gasteiger partial charge in [0.15, 0.2) is 5.76 Å². The minimum absolute atomic E-state index is 0.129. The van der Waals surface area contributed by atoms with Crippen LogP contribution >= 0.6 is 0 Å². The molecule has 0 unspecified atom stereocenters. The summed E-state index contributed by atoms with van der Waals surface area (Å²) in [4.78, 5) is 15.9. The van der Waals surface area contributed by atoms with E-state index in [1.165, 1.54) is 6.26 Å². The average molecular weight is 224 g/mol. The van der Waals surface area contributed by atoms with Gasteiger partial charge in [-0.1, -0.05) is 20.1 Å². The maximum atomic E-state index is 11.8. The highest BCUT2D eigenvalue weighted by atomic mass is 16.5. The lowest BCUT2D eigenvalue weighted by atomic mass is 10.3. The molecule has 0 aromatic heterocycles. The van der Waals surface area contributed by atoms with Gasteiger partial charge in [-0.3, -0.25) is 9.69 Å². The lowest BCUT2D eigenvalue weighted by molar-refractivity contribution is -0.131. The van der Waals surface area contributed by atoms with E-state index in [4.69, 9.17) is 4.74 Å². The zero-order valence-corrected chi connectivity index (χ0v) is 9.95. The van der Waals surface area contributed by atoms with Crippen LogP contribution in [-0.2, 0) is 9.53 Å². The topological polar surface area (TPSA) is 32.8 Å². The molecule has 1 aliphatic rings. The van der Waals surface area contributed by atoms with Crippen molar-refractivity contribution in [3.05, 3.63) is 25.2 Å². The van der Waals surface area contributed by atoms with Gasteiger partial charge in [-0.2, -0.15) is 0 Å². The molecule has 1 aliphatic heterocycles. The van der Waals surface area contributed by atoms with Crippen molar-refractivity contribution in [3.8, 4) is 0 Å². The van der Waals surface area contributed by atoms with E-state index in [-0.39, 0.29) is 11.7 Å². The first kappa shape index (κ1) is 12.8. The van der Waals surface area contributed by atoms with Crippen molar-refractivity contribution < 1.29 is 9.53 Å². The minimum atomic E-state index is -0.129. The number of carbonyl (C=O) groups is 1. The van der Waals surface area contributed by atoms with E-state index in [1.54, 1.807) is 4.90 Å². The molecule has 1 saturated heterocycles. The van der Waals surface area contributed by atoms with Crippen LogP contribution in [0.2, 0.25) is 0 Å². The number of carbonyl (C=O) groups excluding carboxylic acids is 1. The summed E-state index contributed by atoms with van der Waals surface area (Å²) in [6, 6.07) is 0. The van der Waals surface area contributed by atoms with Crippen molar-refractivity contribution in [1.29, 1.82) is 0 Å². The molecule has 0 spiro atoms. The summed E-state index contributed by atoms with van der Waals surface area (Å²) in [6.07, 6.45) is 2.38. The predicted octanol–water partition coefficient (Wildman–Crippen LogP) is 1.21. The van der Waals surface area contributed by atoms with Gasteiger partial charge in [0.1, 0.15) is 0 Å². The Balaban J connectivity index is 2.38. The monoisotopic (exact) mass is 224 g/mol. The largest absolute Gasteiger partial charge is 0.460 e. The van der Waals surface area contributed by atoms with E-state index in [2.05, 4.69) is 25.0 Å². The summed E-state index contributed by atoms with van der Waals surface area (Å²) in [5.74, 6) is 0.0231. The average Bonchev–Trinajstić information content (AvgIpc) is 2.30. The number of hydrogen-bond acceptors (Lipinski definition) is 3. The van der Waals surface area contributed by atoms with Crippen LogP contribution in [0.15, 0.2) is 25.2 Å². The highest BCUT2D eigenvalue weighted by Gasteiger charge is 2.22. The summed E-state index contributed by atoms with van der Waals surface area (Å²) in [5, 5.41) is 0. The standard InChI is InChI=1S/C12H20N2O2/c1-4-6-13-7-9-14(10-8-13)12(15)11(3)16-5-2/h5H,2-4,6-10H2,1H3. The van der Waals surface area contributed by atoms with E-state index in [0.717, 1.165) is 39.1 Å². The lowest BCUT2D eigenvalue weighted by Gasteiger charge is -2.34. The third-order valence-electron chi connectivity index (χ3n) is 2.66. The summed E-state index contributed by atoms with van der Waals surface area (Å²) < 4.78 is 4.90. The Kier molecular flexibility index (Phi) is 5.05. The number of nitrogens with zero attached hydrogens (tertiary/aromatic N) is 2. The summed E-state index contributed by atoms with van der Waals surface area (Å²) in [6.45, 7) is 13.6. The molecule has 90 valence electrons. The molecule has 16 heavy (non-hydrogen) atoms. The maximum Gasteiger partial charge on any atom is 0.288 e. The number of piperazine rings is 1. The molecule has 4 nitrogen and oxygen atoms in total. The number of hydrogen-bond donors (Lipinski definition) is 0. The van der Waals surface area contributed by atoms with Crippen LogP contribution in [0.4, 0.5) is 0 Å². The second kappa shape index (κ2) is 6.33. The van der Waals surface area contributed by atoms with Gasteiger partial charge in [0.05, 0.1) is 6.26 Å². The first-order chi connectivity index (χ1) is 7.69. The SMILES string of the molecule is C=COC(=C)C(=O)N1CCN(CCC)CC1. The smallest absolute Gasteiger partial charge is 0.288 e. The van der Waals surface area contributed by atoms with Crippen LogP contribution < -0.4 is 0 Å². The van der Waals surface area contributed by atoms with Crippen molar-refractivity contribution >= 4 is 5.91 Å². The van der Waals surface area contributed by atoms with Gasteiger partial charge in [-0.15, -0.1) is 0 Å². The van der Waals surface area contributed by atoms with Crippen molar-refractivity contribution in [2.45, 2.75) is 13.3 Å². The van der Waals surface area contributed by atoms with Crippen molar-refractivity contribution in [2.24, 2.45) is 0 Å². The third-order valence-corrected chi connectivity index (χ3v) is 2.66. The van der Waals surface area contributed by atoms with Crippen LogP contribution in [0.3, 0.4) is 0 Å². The van der Waals surface area contributed by atoms with Crippen LogP contribution in [0.1, 0.15) is 13.3 Å². The van der Waals surface area contributed by atoms with Gasteiger partial charge in [0.25, 0.3) is 5.91 Å². The second-order valence-electron chi connectivity index (χ2n) is 3.84. The van der Waals surface area contributed by atoms with Gasteiger partial charge in [0, 0.05) is 26.2 Å². The highest BCUT2D eigenvalue weighted by Crippen LogP contribution is 2.07. The number of amides is 1.